The molecule has 1 aliphatic heterocycles. The standard InChI is InChI=1S/C17H14FNO5/c18-15-6-12(19-7-13(9-21)24-17(19)23)3-4-14(15)10-1-2-11(8-20)16(22)5-10/h1-6,8,13,21-22H,7,9H2/t13-/m1/s1. The van der Waals surface area contributed by atoms with Gasteiger partial charge in [0, 0.05) is 5.56 Å². The molecular formula is C17H14FNO5. The molecule has 2 N–H and O–H groups in total. The summed E-state index contributed by atoms with van der Waals surface area (Å²) in [6.07, 6.45) is -0.767. The molecule has 2 aromatic rings. The van der Waals surface area contributed by atoms with Crippen molar-refractivity contribution in [2.24, 2.45) is 0 Å². The van der Waals surface area contributed by atoms with Crippen molar-refractivity contribution in [1.82, 2.24) is 0 Å². The van der Waals surface area contributed by atoms with Gasteiger partial charge in [-0.2, -0.15) is 0 Å². The summed E-state index contributed by atoms with van der Waals surface area (Å²) in [5.41, 5.74) is 1.05. The number of cyclic esters (lactones) is 1. The van der Waals surface area contributed by atoms with Crippen LogP contribution in [0.4, 0.5) is 14.9 Å². The largest absolute Gasteiger partial charge is 0.507 e. The number of anilines is 1. The van der Waals surface area contributed by atoms with Crippen LogP contribution in [0.3, 0.4) is 0 Å². The van der Waals surface area contributed by atoms with E-state index < -0.39 is 18.0 Å². The number of aromatic hydroxyl groups is 1. The van der Waals surface area contributed by atoms with Gasteiger partial charge < -0.3 is 14.9 Å². The molecule has 24 heavy (non-hydrogen) atoms. The van der Waals surface area contributed by atoms with Gasteiger partial charge >= 0.3 is 6.09 Å². The van der Waals surface area contributed by atoms with Crippen molar-refractivity contribution in [1.29, 1.82) is 0 Å². The first kappa shape index (κ1) is 15.9. The van der Waals surface area contributed by atoms with Crippen LogP contribution in [-0.2, 0) is 4.74 Å². The highest BCUT2D eigenvalue weighted by Gasteiger charge is 2.32. The van der Waals surface area contributed by atoms with Crippen LogP contribution in [0.1, 0.15) is 10.4 Å². The van der Waals surface area contributed by atoms with Gasteiger partial charge in [0.1, 0.15) is 17.7 Å². The number of carbonyl (C=O) groups is 2. The van der Waals surface area contributed by atoms with Crippen molar-refractivity contribution in [3.8, 4) is 16.9 Å². The zero-order chi connectivity index (χ0) is 17.3. The maximum absolute atomic E-state index is 14.4. The molecule has 1 fully saturated rings. The molecule has 0 saturated carbocycles. The summed E-state index contributed by atoms with van der Waals surface area (Å²) in [7, 11) is 0. The Morgan fingerprint density at radius 1 is 1.29 bits per heavy atom. The third-order valence-corrected chi connectivity index (χ3v) is 3.81. The summed E-state index contributed by atoms with van der Waals surface area (Å²) in [6, 6.07) is 8.42. The monoisotopic (exact) mass is 331 g/mol. The number of ether oxygens (including phenoxy) is 1. The molecule has 0 spiro atoms. The van der Waals surface area contributed by atoms with Gasteiger partial charge in [-0.3, -0.25) is 9.69 Å². The fraction of sp³-hybridized carbons (Fsp3) is 0.176. The molecule has 124 valence electrons. The highest BCUT2D eigenvalue weighted by Crippen LogP contribution is 2.31. The zero-order valence-electron chi connectivity index (χ0n) is 12.5. The summed E-state index contributed by atoms with van der Waals surface area (Å²) in [4.78, 5) is 23.7. The van der Waals surface area contributed by atoms with Crippen LogP contribution in [0.5, 0.6) is 5.75 Å². The fourth-order valence-electron chi connectivity index (χ4n) is 2.54. The van der Waals surface area contributed by atoms with Crippen molar-refractivity contribution in [2.75, 3.05) is 18.1 Å². The molecule has 3 rings (SSSR count). The molecular weight excluding hydrogens is 317 g/mol. The number of amides is 1. The number of aliphatic hydroxyl groups excluding tert-OH is 1. The minimum atomic E-state index is -0.644. The summed E-state index contributed by atoms with van der Waals surface area (Å²) >= 11 is 0. The summed E-state index contributed by atoms with van der Waals surface area (Å²) < 4.78 is 19.4. The van der Waals surface area contributed by atoms with E-state index in [2.05, 4.69) is 0 Å². The third-order valence-electron chi connectivity index (χ3n) is 3.81. The van der Waals surface area contributed by atoms with Crippen LogP contribution in [0.2, 0.25) is 0 Å². The molecule has 1 atom stereocenters. The van der Waals surface area contributed by atoms with Gasteiger partial charge in [-0.05, 0) is 35.9 Å². The van der Waals surface area contributed by atoms with Gasteiger partial charge in [0.2, 0.25) is 0 Å². The van der Waals surface area contributed by atoms with Gasteiger partial charge in [0.05, 0.1) is 24.4 Å². The van der Waals surface area contributed by atoms with Crippen molar-refractivity contribution in [2.45, 2.75) is 6.10 Å². The molecule has 0 bridgehead atoms. The highest BCUT2D eigenvalue weighted by atomic mass is 19.1. The van der Waals surface area contributed by atoms with Crippen LogP contribution in [0, 0.1) is 5.82 Å². The van der Waals surface area contributed by atoms with Crippen LogP contribution in [0.15, 0.2) is 36.4 Å². The maximum Gasteiger partial charge on any atom is 0.414 e. The highest BCUT2D eigenvalue weighted by molar-refractivity contribution is 5.90. The number of rotatable bonds is 4. The van der Waals surface area contributed by atoms with Crippen LogP contribution in [-0.4, -0.2) is 41.8 Å². The number of phenolic OH excluding ortho intramolecular Hbond substituents is 1. The number of phenols is 1. The first-order valence-corrected chi connectivity index (χ1v) is 7.20. The molecule has 6 nitrogen and oxygen atoms in total. The van der Waals surface area contributed by atoms with E-state index >= 15 is 0 Å². The molecule has 1 heterocycles. The molecule has 2 aromatic carbocycles. The topological polar surface area (TPSA) is 87.1 Å². The molecule has 0 radical (unpaired) electrons. The number of nitrogens with zero attached hydrogens (tertiary/aromatic N) is 1. The second kappa shape index (κ2) is 6.29. The Labute approximate surface area is 136 Å². The first-order valence-electron chi connectivity index (χ1n) is 7.20. The normalized spacial score (nSPS) is 17.0. The lowest BCUT2D eigenvalue weighted by Gasteiger charge is -2.14. The van der Waals surface area contributed by atoms with Crippen molar-refractivity contribution < 1.29 is 28.9 Å². The van der Waals surface area contributed by atoms with Gasteiger partial charge in [-0.15, -0.1) is 0 Å². The van der Waals surface area contributed by atoms with Gasteiger partial charge in [-0.25, -0.2) is 9.18 Å². The second-order valence-electron chi connectivity index (χ2n) is 5.35. The number of aliphatic hydroxyl groups is 1. The minimum absolute atomic E-state index is 0.116. The molecule has 0 aliphatic carbocycles. The van der Waals surface area contributed by atoms with Crippen LogP contribution >= 0.6 is 0 Å². The quantitative estimate of drug-likeness (QED) is 0.840. The van der Waals surface area contributed by atoms with E-state index in [0.29, 0.717) is 17.5 Å². The lowest BCUT2D eigenvalue weighted by Crippen LogP contribution is -2.25. The smallest absolute Gasteiger partial charge is 0.414 e. The van der Waals surface area contributed by atoms with Crippen molar-refractivity contribution >= 4 is 18.1 Å². The van der Waals surface area contributed by atoms with E-state index in [1.54, 1.807) is 6.07 Å². The number of carbonyl (C=O) groups excluding carboxylic acids is 2. The average molecular weight is 331 g/mol. The molecule has 0 aromatic heterocycles. The van der Waals surface area contributed by atoms with E-state index in [0.717, 1.165) is 0 Å². The number of aldehydes is 1. The lowest BCUT2D eigenvalue weighted by atomic mass is 10.0. The molecule has 7 heteroatoms. The Morgan fingerprint density at radius 2 is 2.08 bits per heavy atom. The summed E-state index contributed by atoms with van der Waals surface area (Å²) in [6.45, 7) is -0.159. The molecule has 1 saturated heterocycles. The predicted molar refractivity (Wildman–Crippen MR) is 83.6 cm³/mol. The average Bonchev–Trinajstić information content (AvgIpc) is 2.95. The van der Waals surface area contributed by atoms with E-state index in [4.69, 9.17) is 9.84 Å². The summed E-state index contributed by atoms with van der Waals surface area (Å²) in [5, 5.41) is 18.8. The Hall–Kier alpha value is -2.93. The summed E-state index contributed by atoms with van der Waals surface area (Å²) in [5.74, 6) is -0.828. The molecule has 1 aliphatic rings. The number of hydrogen-bond acceptors (Lipinski definition) is 5. The maximum atomic E-state index is 14.4. The fourth-order valence-corrected chi connectivity index (χ4v) is 2.54. The lowest BCUT2D eigenvalue weighted by molar-refractivity contribution is 0.0963. The van der Waals surface area contributed by atoms with Crippen molar-refractivity contribution in [3.05, 3.63) is 47.8 Å². The molecule has 0 unspecified atom stereocenters. The number of hydrogen-bond donors (Lipinski definition) is 2. The Bertz CT molecular complexity index is 808. The Kier molecular flexibility index (Phi) is 4.18. The van der Waals surface area contributed by atoms with E-state index in [1.807, 2.05) is 0 Å². The van der Waals surface area contributed by atoms with Crippen LogP contribution in [0.25, 0.3) is 11.1 Å². The van der Waals surface area contributed by atoms with Gasteiger partial charge in [0.15, 0.2) is 6.29 Å². The Balaban J connectivity index is 1.92. The number of benzene rings is 2. The minimum Gasteiger partial charge on any atom is -0.507 e. The van der Waals surface area contributed by atoms with Crippen LogP contribution < -0.4 is 4.90 Å². The van der Waals surface area contributed by atoms with Crippen molar-refractivity contribution in [3.63, 3.8) is 0 Å². The van der Waals surface area contributed by atoms with E-state index in [-0.39, 0.29) is 30.0 Å². The third kappa shape index (κ3) is 2.81. The second-order valence-corrected chi connectivity index (χ2v) is 5.35. The van der Waals surface area contributed by atoms with E-state index in [9.17, 15) is 19.1 Å². The van der Waals surface area contributed by atoms with E-state index in [1.165, 1.54) is 35.2 Å². The molecule has 1 amide bonds. The zero-order valence-corrected chi connectivity index (χ0v) is 12.5. The number of halogens is 1. The predicted octanol–water partition coefficient (Wildman–Crippen LogP) is 2.33. The Morgan fingerprint density at radius 3 is 2.67 bits per heavy atom. The van der Waals surface area contributed by atoms with Gasteiger partial charge in [0.25, 0.3) is 0 Å². The first-order chi connectivity index (χ1) is 11.5. The SMILES string of the molecule is O=Cc1ccc(-c2ccc(N3C[C@H](CO)OC3=O)cc2F)cc1O. The van der Waals surface area contributed by atoms with Gasteiger partial charge in [-0.1, -0.05) is 6.07 Å².